The predicted molar refractivity (Wildman–Crippen MR) is 46.1 cm³/mol. The Kier molecular flexibility index (Phi) is 3.36. The van der Waals surface area contributed by atoms with E-state index in [1.807, 2.05) is 0 Å². The summed E-state index contributed by atoms with van der Waals surface area (Å²) in [6.07, 6.45) is 2.93. The Morgan fingerprint density at radius 1 is 1.64 bits per heavy atom. The average Bonchev–Trinajstić information content (AvgIpc) is 2.52. The van der Waals surface area contributed by atoms with Gasteiger partial charge in [0, 0.05) is 11.8 Å². The van der Waals surface area contributed by atoms with E-state index in [4.69, 9.17) is 4.42 Å². The second-order valence-electron chi connectivity index (χ2n) is 2.19. The summed E-state index contributed by atoms with van der Waals surface area (Å²) in [6, 6.07) is 3.41. The van der Waals surface area contributed by atoms with Gasteiger partial charge in [-0.25, -0.2) is 0 Å². The van der Waals surface area contributed by atoms with Crippen molar-refractivity contribution in [2.24, 2.45) is 0 Å². The Morgan fingerprint density at radius 2 is 2.45 bits per heavy atom. The van der Waals surface area contributed by atoms with E-state index < -0.39 is 0 Å². The van der Waals surface area contributed by atoms with Crippen LogP contribution in [0.2, 0.25) is 0 Å². The molecule has 0 amide bonds. The number of Topliss-reactive ketones (excluding diaryl/α,β-unsaturated/α-hetero) is 1. The van der Waals surface area contributed by atoms with Gasteiger partial charge in [0.05, 0.1) is 6.26 Å². The molecule has 0 unspecified atom stereocenters. The molecule has 2 nitrogen and oxygen atoms in total. The number of rotatable bonds is 4. The molecule has 1 aromatic rings. The zero-order valence-corrected chi connectivity index (χ0v) is 7.63. The average molecular weight is 217 g/mol. The van der Waals surface area contributed by atoms with Crippen LogP contribution in [0.15, 0.2) is 22.8 Å². The van der Waals surface area contributed by atoms with E-state index in [1.54, 1.807) is 12.1 Å². The second-order valence-corrected chi connectivity index (χ2v) is 2.99. The number of alkyl halides is 1. The van der Waals surface area contributed by atoms with E-state index in [0.717, 1.165) is 11.8 Å². The van der Waals surface area contributed by atoms with Gasteiger partial charge in [0.2, 0.25) is 0 Å². The maximum absolute atomic E-state index is 11.2. The van der Waals surface area contributed by atoms with Crippen LogP contribution in [0.4, 0.5) is 0 Å². The van der Waals surface area contributed by atoms with E-state index in [-0.39, 0.29) is 5.78 Å². The summed E-state index contributed by atoms with van der Waals surface area (Å²) in [5.41, 5.74) is 0. The monoisotopic (exact) mass is 216 g/mol. The molecule has 0 aliphatic carbocycles. The van der Waals surface area contributed by atoms with Crippen LogP contribution in [-0.2, 0) is 0 Å². The highest BCUT2D eigenvalue weighted by Gasteiger charge is 2.06. The van der Waals surface area contributed by atoms with Gasteiger partial charge in [-0.3, -0.25) is 4.79 Å². The first kappa shape index (κ1) is 8.53. The van der Waals surface area contributed by atoms with Gasteiger partial charge in [-0.15, -0.1) is 0 Å². The number of hydrogen-bond acceptors (Lipinski definition) is 2. The molecular weight excluding hydrogens is 208 g/mol. The topological polar surface area (TPSA) is 30.2 Å². The number of carbonyl (C=O) groups excluding carboxylic acids is 1. The lowest BCUT2D eigenvalue weighted by molar-refractivity contribution is 0.0955. The van der Waals surface area contributed by atoms with E-state index in [9.17, 15) is 4.79 Å². The molecule has 0 saturated heterocycles. The summed E-state index contributed by atoms with van der Waals surface area (Å²) in [7, 11) is 0. The van der Waals surface area contributed by atoms with Crippen molar-refractivity contribution in [1.29, 1.82) is 0 Å². The standard InChI is InChI=1S/C8H9BrO2/c9-5-1-3-7(10)8-4-2-6-11-8/h2,4,6H,1,3,5H2. The lowest BCUT2D eigenvalue weighted by atomic mass is 10.2. The summed E-state index contributed by atoms with van der Waals surface area (Å²) >= 11 is 3.26. The van der Waals surface area contributed by atoms with Crippen LogP contribution in [0.3, 0.4) is 0 Å². The molecule has 0 fully saturated rings. The quantitative estimate of drug-likeness (QED) is 0.573. The van der Waals surface area contributed by atoms with Gasteiger partial charge in [0.1, 0.15) is 0 Å². The molecule has 0 aliphatic rings. The van der Waals surface area contributed by atoms with Gasteiger partial charge in [-0.05, 0) is 18.6 Å². The Morgan fingerprint density at radius 3 is 3.00 bits per heavy atom. The van der Waals surface area contributed by atoms with Crippen LogP contribution in [0.25, 0.3) is 0 Å². The fraction of sp³-hybridized carbons (Fsp3) is 0.375. The molecule has 1 heterocycles. The number of ketones is 1. The molecule has 1 aromatic heterocycles. The van der Waals surface area contributed by atoms with Crippen LogP contribution in [-0.4, -0.2) is 11.1 Å². The van der Waals surface area contributed by atoms with Crippen LogP contribution in [0, 0.1) is 0 Å². The number of hydrogen-bond donors (Lipinski definition) is 0. The fourth-order valence-electron chi connectivity index (χ4n) is 0.788. The van der Waals surface area contributed by atoms with Gasteiger partial charge in [0.15, 0.2) is 11.5 Å². The Balaban J connectivity index is 2.43. The summed E-state index contributed by atoms with van der Waals surface area (Å²) < 4.78 is 4.93. The maximum Gasteiger partial charge on any atom is 0.198 e. The molecule has 0 bridgehead atoms. The van der Waals surface area contributed by atoms with Gasteiger partial charge >= 0.3 is 0 Å². The normalized spacial score (nSPS) is 9.91. The lowest BCUT2D eigenvalue weighted by Crippen LogP contribution is -1.96. The van der Waals surface area contributed by atoms with Crippen molar-refractivity contribution in [3.8, 4) is 0 Å². The molecule has 0 N–H and O–H groups in total. The van der Waals surface area contributed by atoms with E-state index in [0.29, 0.717) is 12.2 Å². The third-order valence-electron chi connectivity index (χ3n) is 1.33. The molecule has 3 heteroatoms. The highest BCUT2D eigenvalue weighted by atomic mass is 79.9. The van der Waals surface area contributed by atoms with Crippen LogP contribution >= 0.6 is 15.9 Å². The number of halogens is 1. The van der Waals surface area contributed by atoms with E-state index in [1.165, 1.54) is 6.26 Å². The van der Waals surface area contributed by atoms with Crippen molar-refractivity contribution in [3.05, 3.63) is 24.2 Å². The Labute approximate surface area is 73.7 Å². The highest BCUT2D eigenvalue weighted by Crippen LogP contribution is 2.06. The summed E-state index contributed by atoms with van der Waals surface area (Å²) in [6.45, 7) is 0. The first-order valence-electron chi connectivity index (χ1n) is 3.47. The maximum atomic E-state index is 11.2. The molecule has 11 heavy (non-hydrogen) atoms. The van der Waals surface area contributed by atoms with Crippen molar-refractivity contribution >= 4 is 21.7 Å². The fourth-order valence-corrected chi connectivity index (χ4v) is 1.07. The van der Waals surface area contributed by atoms with Crippen molar-refractivity contribution < 1.29 is 9.21 Å². The van der Waals surface area contributed by atoms with Gasteiger partial charge < -0.3 is 4.42 Å². The Bertz CT molecular complexity index is 216. The van der Waals surface area contributed by atoms with Gasteiger partial charge in [-0.2, -0.15) is 0 Å². The molecule has 60 valence electrons. The second kappa shape index (κ2) is 4.34. The first-order chi connectivity index (χ1) is 5.34. The molecule has 0 aromatic carbocycles. The summed E-state index contributed by atoms with van der Waals surface area (Å²) in [4.78, 5) is 11.2. The minimum atomic E-state index is 0.0782. The molecule has 1 rings (SSSR count). The minimum Gasteiger partial charge on any atom is -0.461 e. The zero-order valence-electron chi connectivity index (χ0n) is 6.05. The number of carbonyl (C=O) groups is 1. The summed E-state index contributed by atoms with van der Waals surface area (Å²) in [5, 5.41) is 0.861. The predicted octanol–water partition coefficient (Wildman–Crippen LogP) is 2.64. The molecule has 0 radical (unpaired) electrons. The van der Waals surface area contributed by atoms with Crippen molar-refractivity contribution in [3.63, 3.8) is 0 Å². The third kappa shape index (κ3) is 2.50. The smallest absolute Gasteiger partial charge is 0.198 e. The van der Waals surface area contributed by atoms with Crippen molar-refractivity contribution in [1.82, 2.24) is 0 Å². The van der Waals surface area contributed by atoms with Crippen LogP contribution < -0.4 is 0 Å². The molecule has 0 saturated carbocycles. The lowest BCUT2D eigenvalue weighted by Gasteiger charge is -1.92. The van der Waals surface area contributed by atoms with Crippen molar-refractivity contribution in [2.75, 3.05) is 5.33 Å². The van der Waals surface area contributed by atoms with Gasteiger partial charge in [-0.1, -0.05) is 15.9 Å². The van der Waals surface area contributed by atoms with Gasteiger partial charge in [0.25, 0.3) is 0 Å². The van der Waals surface area contributed by atoms with Crippen LogP contribution in [0.1, 0.15) is 23.4 Å². The third-order valence-corrected chi connectivity index (χ3v) is 1.89. The van der Waals surface area contributed by atoms with E-state index in [2.05, 4.69) is 15.9 Å². The molecular formula is C8H9BrO2. The Hall–Kier alpha value is -0.570. The summed E-state index contributed by atoms with van der Waals surface area (Å²) in [5.74, 6) is 0.542. The highest BCUT2D eigenvalue weighted by molar-refractivity contribution is 9.09. The van der Waals surface area contributed by atoms with E-state index >= 15 is 0 Å². The first-order valence-corrected chi connectivity index (χ1v) is 4.59. The molecule has 0 atom stereocenters. The minimum absolute atomic E-state index is 0.0782. The van der Waals surface area contributed by atoms with Crippen molar-refractivity contribution in [2.45, 2.75) is 12.8 Å². The largest absolute Gasteiger partial charge is 0.461 e. The number of furan rings is 1. The molecule has 0 aliphatic heterocycles. The molecule has 0 spiro atoms. The zero-order chi connectivity index (χ0) is 8.10. The SMILES string of the molecule is O=C(CCCBr)c1ccco1. The van der Waals surface area contributed by atoms with Crippen LogP contribution in [0.5, 0.6) is 0 Å².